The van der Waals surface area contributed by atoms with E-state index in [4.69, 9.17) is 4.74 Å². The molecule has 1 amide bonds. The summed E-state index contributed by atoms with van der Waals surface area (Å²) in [6.07, 6.45) is 3.81. The molecule has 1 atom stereocenters. The number of phenolic OH excluding ortho intramolecular Hbond substituents is 2. The second-order valence-corrected chi connectivity index (χ2v) is 6.81. The van der Waals surface area contributed by atoms with Gasteiger partial charge in [-0.2, -0.15) is 0 Å². The highest BCUT2D eigenvalue weighted by Crippen LogP contribution is 2.26. The molecule has 0 saturated carbocycles. The molecule has 0 spiro atoms. The number of alkyl carbamates (subject to hydrolysis) is 1. The Labute approximate surface area is 158 Å². The lowest BCUT2D eigenvalue weighted by Gasteiger charge is -2.18. The van der Waals surface area contributed by atoms with Gasteiger partial charge < -0.3 is 25.4 Å². The molecule has 0 aromatic heterocycles. The Balaban J connectivity index is 1.89. The van der Waals surface area contributed by atoms with Crippen LogP contribution in [0.2, 0.25) is 0 Å². The zero-order chi connectivity index (χ0) is 20.0. The number of carbonyl (C=O) groups is 2. The molecule has 146 valence electrons. The lowest BCUT2D eigenvalue weighted by atomic mass is 9.92. The predicted molar refractivity (Wildman–Crippen MR) is 99.7 cm³/mol. The minimum atomic E-state index is -1.22. The normalized spacial score (nSPS) is 14.9. The van der Waals surface area contributed by atoms with Gasteiger partial charge >= 0.3 is 12.1 Å². The summed E-state index contributed by atoms with van der Waals surface area (Å²) in [5.41, 5.74) is 4.19. The van der Waals surface area contributed by atoms with Crippen molar-refractivity contribution in [1.29, 1.82) is 0 Å². The average molecular weight is 375 g/mol. The van der Waals surface area contributed by atoms with E-state index in [1.807, 2.05) is 6.08 Å². The van der Waals surface area contributed by atoms with Crippen molar-refractivity contribution >= 4 is 12.1 Å². The van der Waals surface area contributed by atoms with Crippen LogP contribution in [0.5, 0.6) is 11.5 Å². The highest BCUT2D eigenvalue weighted by atomic mass is 16.5. The van der Waals surface area contributed by atoms with Gasteiger partial charge in [-0.25, -0.2) is 9.59 Å². The first-order chi connectivity index (χ1) is 12.8. The summed E-state index contributed by atoms with van der Waals surface area (Å²) in [7, 11) is 0. The summed E-state index contributed by atoms with van der Waals surface area (Å²) in [4.78, 5) is 23.4. The Morgan fingerprint density at radius 2 is 1.93 bits per heavy atom. The number of carboxylic acids is 1. The topological polar surface area (TPSA) is 116 Å². The van der Waals surface area contributed by atoms with Gasteiger partial charge in [0.2, 0.25) is 0 Å². The van der Waals surface area contributed by atoms with Gasteiger partial charge in [-0.3, -0.25) is 0 Å². The molecule has 1 aromatic carbocycles. The molecule has 1 aromatic rings. The summed E-state index contributed by atoms with van der Waals surface area (Å²) in [5.74, 6) is -1.86. The Hall–Kier alpha value is -2.96. The van der Waals surface area contributed by atoms with E-state index in [0.717, 1.165) is 24.8 Å². The molecule has 0 saturated heterocycles. The monoisotopic (exact) mass is 375 g/mol. The third-order valence-electron chi connectivity index (χ3n) is 4.55. The Bertz CT molecular complexity index is 777. The van der Waals surface area contributed by atoms with E-state index in [2.05, 4.69) is 19.2 Å². The standard InChI is InChI=1S/C20H25NO6/c1-12(2)15-6-3-13(4-7-15)11-27-20(26)21-16(19(24)25)9-14-5-8-17(22)18(23)10-14/h3,5,8,10,16,22-23H,4,6-7,9,11H2,1-2H3,(H,21,26)(H,24,25)/t16-/m0/s1. The zero-order valence-corrected chi connectivity index (χ0v) is 15.5. The van der Waals surface area contributed by atoms with Crippen LogP contribution in [-0.2, 0) is 16.0 Å². The van der Waals surface area contributed by atoms with Crippen LogP contribution in [0, 0.1) is 0 Å². The number of hydrogen-bond donors (Lipinski definition) is 4. The Kier molecular flexibility index (Phi) is 6.87. The number of carboxylic acid groups (broad SMARTS) is 1. The Morgan fingerprint density at radius 1 is 1.19 bits per heavy atom. The summed E-state index contributed by atoms with van der Waals surface area (Å²) in [5, 5.41) is 30.4. The molecule has 27 heavy (non-hydrogen) atoms. The van der Waals surface area contributed by atoms with E-state index in [9.17, 15) is 24.9 Å². The number of ether oxygens (including phenoxy) is 1. The predicted octanol–water partition coefficient (Wildman–Crippen LogP) is 3.27. The average Bonchev–Trinajstić information content (AvgIpc) is 2.62. The summed E-state index contributed by atoms with van der Waals surface area (Å²) in [6, 6.07) is 2.79. The van der Waals surface area contributed by atoms with Gasteiger partial charge in [0.1, 0.15) is 12.6 Å². The van der Waals surface area contributed by atoms with Crippen molar-refractivity contribution in [2.45, 2.75) is 45.6 Å². The van der Waals surface area contributed by atoms with Crippen LogP contribution >= 0.6 is 0 Å². The lowest BCUT2D eigenvalue weighted by molar-refractivity contribution is -0.139. The first kappa shape index (κ1) is 20.4. The van der Waals surface area contributed by atoms with Crippen molar-refractivity contribution in [3.8, 4) is 11.5 Å². The zero-order valence-electron chi connectivity index (χ0n) is 15.5. The van der Waals surface area contributed by atoms with Crippen molar-refractivity contribution < 1.29 is 29.6 Å². The van der Waals surface area contributed by atoms with Crippen LogP contribution in [0.1, 0.15) is 38.7 Å². The van der Waals surface area contributed by atoms with Gasteiger partial charge in [-0.1, -0.05) is 23.3 Å². The minimum absolute atomic E-state index is 0.0507. The summed E-state index contributed by atoms with van der Waals surface area (Å²) in [6.45, 7) is 4.30. The highest BCUT2D eigenvalue weighted by molar-refractivity contribution is 5.80. The number of amides is 1. The maximum atomic E-state index is 12.0. The van der Waals surface area contributed by atoms with Crippen molar-refractivity contribution in [3.05, 3.63) is 46.6 Å². The maximum absolute atomic E-state index is 12.0. The van der Waals surface area contributed by atoms with E-state index in [1.165, 1.54) is 29.3 Å². The van der Waals surface area contributed by atoms with E-state index < -0.39 is 18.1 Å². The molecule has 7 nitrogen and oxygen atoms in total. The van der Waals surface area contributed by atoms with Crippen LogP contribution < -0.4 is 5.32 Å². The first-order valence-electron chi connectivity index (χ1n) is 8.76. The lowest BCUT2D eigenvalue weighted by Crippen LogP contribution is -2.42. The molecule has 0 bridgehead atoms. The fourth-order valence-corrected chi connectivity index (χ4v) is 2.84. The second-order valence-electron chi connectivity index (χ2n) is 6.81. The van der Waals surface area contributed by atoms with Gasteiger partial charge in [-0.05, 0) is 56.4 Å². The smallest absolute Gasteiger partial charge is 0.408 e. The van der Waals surface area contributed by atoms with Gasteiger partial charge in [0, 0.05) is 6.42 Å². The van der Waals surface area contributed by atoms with Crippen LogP contribution in [0.25, 0.3) is 0 Å². The van der Waals surface area contributed by atoms with E-state index in [-0.39, 0.29) is 24.5 Å². The second kappa shape index (κ2) is 9.12. The van der Waals surface area contributed by atoms with Crippen molar-refractivity contribution in [2.75, 3.05) is 6.61 Å². The number of aromatic hydroxyl groups is 2. The number of aliphatic carboxylic acids is 1. The third-order valence-corrected chi connectivity index (χ3v) is 4.55. The SMILES string of the molecule is CC(C)=C1CC=C(COC(=O)N[C@@H](Cc2ccc(O)c(O)c2)C(=O)O)CC1. The minimum Gasteiger partial charge on any atom is -0.504 e. The van der Waals surface area contributed by atoms with Crippen LogP contribution in [0.15, 0.2) is 41.0 Å². The summed E-state index contributed by atoms with van der Waals surface area (Å²) < 4.78 is 5.15. The van der Waals surface area contributed by atoms with E-state index in [0.29, 0.717) is 5.56 Å². The van der Waals surface area contributed by atoms with E-state index in [1.54, 1.807) is 0 Å². The molecule has 0 unspecified atom stereocenters. The number of nitrogens with one attached hydrogen (secondary N) is 1. The van der Waals surface area contributed by atoms with Crippen LogP contribution in [0.3, 0.4) is 0 Å². The first-order valence-corrected chi connectivity index (χ1v) is 8.76. The Morgan fingerprint density at radius 3 is 2.48 bits per heavy atom. The summed E-state index contributed by atoms with van der Waals surface area (Å²) >= 11 is 0. The van der Waals surface area contributed by atoms with Gasteiger partial charge in [0.15, 0.2) is 11.5 Å². The molecule has 7 heteroatoms. The van der Waals surface area contributed by atoms with Crippen molar-refractivity contribution in [2.24, 2.45) is 0 Å². The maximum Gasteiger partial charge on any atom is 0.408 e. The number of carbonyl (C=O) groups excluding carboxylic acids is 1. The fraction of sp³-hybridized carbons (Fsp3) is 0.400. The van der Waals surface area contributed by atoms with Gasteiger partial charge in [0.05, 0.1) is 0 Å². The third kappa shape index (κ3) is 6.06. The van der Waals surface area contributed by atoms with E-state index >= 15 is 0 Å². The molecule has 0 aliphatic heterocycles. The van der Waals surface area contributed by atoms with Gasteiger partial charge in [0.25, 0.3) is 0 Å². The van der Waals surface area contributed by atoms with Gasteiger partial charge in [-0.15, -0.1) is 0 Å². The number of hydrogen-bond acceptors (Lipinski definition) is 5. The molecule has 1 aliphatic carbocycles. The van der Waals surface area contributed by atoms with Crippen LogP contribution in [-0.4, -0.2) is 40.0 Å². The quantitative estimate of drug-likeness (QED) is 0.448. The molecular formula is C20H25NO6. The molecule has 0 radical (unpaired) electrons. The number of benzene rings is 1. The fourth-order valence-electron chi connectivity index (χ4n) is 2.84. The van der Waals surface area contributed by atoms with Crippen molar-refractivity contribution in [3.63, 3.8) is 0 Å². The largest absolute Gasteiger partial charge is 0.504 e. The molecule has 2 rings (SSSR count). The highest BCUT2D eigenvalue weighted by Gasteiger charge is 2.22. The number of allylic oxidation sites excluding steroid dienone is 3. The molecule has 1 aliphatic rings. The number of rotatable bonds is 6. The molecule has 0 heterocycles. The number of phenols is 2. The van der Waals surface area contributed by atoms with Crippen molar-refractivity contribution in [1.82, 2.24) is 5.32 Å². The molecular weight excluding hydrogens is 350 g/mol. The van der Waals surface area contributed by atoms with Crippen LogP contribution in [0.4, 0.5) is 4.79 Å². The molecule has 4 N–H and O–H groups in total. The molecule has 0 fully saturated rings.